The van der Waals surface area contributed by atoms with Crippen LogP contribution < -0.4 is 0 Å². The summed E-state index contributed by atoms with van der Waals surface area (Å²) in [5.74, 6) is -3.82. The summed E-state index contributed by atoms with van der Waals surface area (Å²) in [6.07, 6.45) is 2.91. The number of pyridine rings is 1. The molecule has 1 aromatic heterocycles. The van der Waals surface area contributed by atoms with E-state index in [2.05, 4.69) is 4.98 Å². The Morgan fingerprint density at radius 1 is 0.800 bits per heavy atom. The van der Waals surface area contributed by atoms with Crippen LogP contribution in [-0.4, -0.2) is 4.98 Å². The van der Waals surface area contributed by atoms with Crippen LogP contribution in [0.1, 0.15) is 0 Å². The van der Waals surface area contributed by atoms with Crippen molar-refractivity contribution in [2.75, 3.05) is 0 Å². The van der Waals surface area contributed by atoms with Gasteiger partial charge in [-0.3, -0.25) is 4.98 Å². The number of hydrogen-bond donors (Lipinski definition) is 0. The van der Waals surface area contributed by atoms with Crippen molar-refractivity contribution in [2.45, 2.75) is 0 Å². The number of halogens is 3. The SMILES string of the molecule is Fc1ccc(-c2ccncc2)c(F)c1F. The average Bonchev–Trinajstić information content (AvgIpc) is 2.27. The predicted octanol–water partition coefficient (Wildman–Crippen LogP) is 3.17. The van der Waals surface area contributed by atoms with Gasteiger partial charge >= 0.3 is 0 Å². The molecule has 0 N–H and O–H groups in total. The van der Waals surface area contributed by atoms with Crippen molar-refractivity contribution in [2.24, 2.45) is 0 Å². The summed E-state index contributed by atoms with van der Waals surface area (Å²) in [5.41, 5.74) is 0.484. The molecule has 4 heteroatoms. The van der Waals surface area contributed by atoms with Crippen LogP contribution in [-0.2, 0) is 0 Å². The minimum absolute atomic E-state index is 0.0244. The summed E-state index contributed by atoms with van der Waals surface area (Å²) in [4.78, 5) is 3.75. The quantitative estimate of drug-likeness (QED) is 0.657. The maximum Gasteiger partial charge on any atom is 0.195 e. The standard InChI is InChI=1S/C11H6F3N/c12-9-2-1-8(10(13)11(9)14)7-3-5-15-6-4-7/h1-6H. The van der Waals surface area contributed by atoms with Gasteiger partial charge < -0.3 is 0 Å². The number of hydrogen-bond acceptors (Lipinski definition) is 1. The van der Waals surface area contributed by atoms with Gasteiger partial charge in [-0.05, 0) is 29.8 Å². The molecule has 0 aliphatic rings. The third kappa shape index (κ3) is 1.70. The molecule has 0 radical (unpaired) electrons. The maximum absolute atomic E-state index is 13.3. The molecule has 0 aliphatic carbocycles. The topological polar surface area (TPSA) is 12.9 Å². The van der Waals surface area contributed by atoms with Gasteiger partial charge in [0.2, 0.25) is 0 Å². The number of benzene rings is 1. The second-order valence-corrected chi connectivity index (χ2v) is 2.96. The van der Waals surface area contributed by atoms with E-state index in [0.717, 1.165) is 6.07 Å². The Morgan fingerprint density at radius 3 is 2.13 bits per heavy atom. The minimum Gasteiger partial charge on any atom is -0.265 e. The van der Waals surface area contributed by atoms with Crippen LogP contribution in [0.5, 0.6) is 0 Å². The molecule has 15 heavy (non-hydrogen) atoms. The van der Waals surface area contributed by atoms with Gasteiger partial charge in [0.25, 0.3) is 0 Å². The van der Waals surface area contributed by atoms with Crippen molar-refractivity contribution in [3.8, 4) is 11.1 Å². The molecule has 0 unspecified atom stereocenters. The van der Waals surface area contributed by atoms with Gasteiger partial charge in [-0.2, -0.15) is 0 Å². The highest BCUT2D eigenvalue weighted by atomic mass is 19.2. The van der Waals surface area contributed by atoms with Crippen LogP contribution in [0, 0.1) is 17.5 Å². The van der Waals surface area contributed by atoms with Gasteiger partial charge in [0.1, 0.15) is 0 Å². The molecular weight excluding hydrogens is 203 g/mol. The first-order valence-corrected chi connectivity index (χ1v) is 4.24. The van der Waals surface area contributed by atoms with Crippen LogP contribution in [0.4, 0.5) is 13.2 Å². The molecule has 0 atom stereocenters. The molecule has 0 saturated heterocycles. The second kappa shape index (κ2) is 3.73. The smallest absolute Gasteiger partial charge is 0.195 e. The van der Waals surface area contributed by atoms with E-state index >= 15 is 0 Å². The van der Waals surface area contributed by atoms with Crippen LogP contribution in [0.2, 0.25) is 0 Å². The fourth-order valence-electron chi connectivity index (χ4n) is 1.28. The zero-order chi connectivity index (χ0) is 10.8. The van der Waals surface area contributed by atoms with E-state index in [1.54, 1.807) is 0 Å². The highest BCUT2D eigenvalue weighted by Crippen LogP contribution is 2.24. The Kier molecular flexibility index (Phi) is 2.41. The Hall–Kier alpha value is -1.84. The van der Waals surface area contributed by atoms with E-state index in [1.807, 2.05) is 0 Å². The summed E-state index contributed by atoms with van der Waals surface area (Å²) in [6, 6.07) is 5.14. The average molecular weight is 209 g/mol. The monoisotopic (exact) mass is 209 g/mol. The fraction of sp³-hybridized carbons (Fsp3) is 0. The van der Waals surface area contributed by atoms with E-state index in [4.69, 9.17) is 0 Å². The van der Waals surface area contributed by atoms with Crippen LogP contribution in [0.25, 0.3) is 11.1 Å². The van der Waals surface area contributed by atoms with Crippen molar-refractivity contribution in [3.05, 3.63) is 54.1 Å². The first-order chi connectivity index (χ1) is 7.20. The molecule has 0 saturated carbocycles. The highest BCUT2D eigenvalue weighted by Gasteiger charge is 2.13. The molecule has 0 fully saturated rings. The van der Waals surface area contributed by atoms with Crippen molar-refractivity contribution < 1.29 is 13.2 Å². The zero-order valence-corrected chi connectivity index (χ0v) is 7.55. The van der Waals surface area contributed by atoms with Gasteiger partial charge in [0, 0.05) is 18.0 Å². The lowest BCUT2D eigenvalue weighted by Gasteiger charge is -2.03. The van der Waals surface area contributed by atoms with Gasteiger partial charge in [0.05, 0.1) is 0 Å². The van der Waals surface area contributed by atoms with Crippen LogP contribution in [0.15, 0.2) is 36.7 Å². The molecule has 1 nitrogen and oxygen atoms in total. The van der Waals surface area contributed by atoms with E-state index in [-0.39, 0.29) is 5.56 Å². The van der Waals surface area contributed by atoms with Gasteiger partial charge in [-0.25, -0.2) is 13.2 Å². The van der Waals surface area contributed by atoms with Crippen molar-refractivity contribution >= 4 is 0 Å². The lowest BCUT2D eigenvalue weighted by Crippen LogP contribution is -1.93. The van der Waals surface area contributed by atoms with E-state index in [1.165, 1.54) is 30.6 Å². The van der Waals surface area contributed by atoms with Crippen molar-refractivity contribution in [1.29, 1.82) is 0 Å². The molecular formula is C11H6F3N. The first-order valence-electron chi connectivity index (χ1n) is 4.24. The minimum atomic E-state index is -1.45. The summed E-state index contributed by atoms with van der Waals surface area (Å²) < 4.78 is 38.9. The normalized spacial score (nSPS) is 10.3. The lowest BCUT2D eigenvalue weighted by atomic mass is 10.1. The Labute approximate surface area is 84.2 Å². The Bertz CT molecular complexity index is 483. The van der Waals surface area contributed by atoms with Crippen LogP contribution >= 0.6 is 0 Å². The lowest BCUT2D eigenvalue weighted by molar-refractivity contribution is 0.449. The van der Waals surface area contributed by atoms with Gasteiger partial charge in [-0.15, -0.1) is 0 Å². The number of nitrogens with zero attached hydrogens (tertiary/aromatic N) is 1. The summed E-state index contributed by atoms with van der Waals surface area (Å²) in [6.45, 7) is 0. The first kappa shape index (κ1) is 9.71. The van der Waals surface area contributed by atoms with Crippen LogP contribution in [0.3, 0.4) is 0 Å². The Morgan fingerprint density at radius 2 is 1.47 bits per heavy atom. The predicted molar refractivity (Wildman–Crippen MR) is 49.5 cm³/mol. The fourth-order valence-corrected chi connectivity index (χ4v) is 1.28. The zero-order valence-electron chi connectivity index (χ0n) is 7.55. The molecule has 0 spiro atoms. The molecule has 0 aliphatic heterocycles. The van der Waals surface area contributed by atoms with Gasteiger partial charge in [-0.1, -0.05) is 0 Å². The number of aromatic nitrogens is 1. The number of rotatable bonds is 1. The summed E-state index contributed by atoms with van der Waals surface area (Å²) >= 11 is 0. The second-order valence-electron chi connectivity index (χ2n) is 2.96. The van der Waals surface area contributed by atoms with E-state index < -0.39 is 17.5 Å². The summed E-state index contributed by atoms with van der Waals surface area (Å²) in [5, 5.41) is 0. The van der Waals surface area contributed by atoms with E-state index in [0.29, 0.717) is 5.56 Å². The highest BCUT2D eigenvalue weighted by molar-refractivity contribution is 5.63. The molecule has 0 bridgehead atoms. The molecule has 2 rings (SSSR count). The molecule has 1 aromatic carbocycles. The van der Waals surface area contributed by atoms with Crippen molar-refractivity contribution in [1.82, 2.24) is 4.98 Å². The van der Waals surface area contributed by atoms with Crippen molar-refractivity contribution in [3.63, 3.8) is 0 Å². The van der Waals surface area contributed by atoms with Gasteiger partial charge in [0.15, 0.2) is 17.5 Å². The molecule has 0 amide bonds. The largest absolute Gasteiger partial charge is 0.265 e. The third-order valence-electron chi connectivity index (χ3n) is 2.03. The molecule has 2 aromatic rings. The Balaban J connectivity index is 2.60. The third-order valence-corrected chi connectivity index (χ3v) is 2.03. The summed E-state index contributed by atoms with van der Waals surface area (Å²) in [7, 11) is 0. The van der Waals surface area contributed by atoms with E-state index in [9.17, 15) is 13.2 Å². The maximum atomic E-state index is 13.3. The molecule has 1 heterocycles. The molecule has 76 valence electrons.